The largest absolute Gasteiger partial charge is 0.388 e. The number of ether oxygens (including phenoxy) is 2. The summed E-state index contributed by atoms with van der Waals surface area (Å²) in [6, 6.07) is 0. The Morgan fingerprint density at radius 3 is 2.55 bits per heavy atom. The lowest BCUT2D eigenvalue weighted by molar-refractivity contribution is -0.0811. The standard InChI is InChI=1S/C15H28O5/c1-2-3-4-5-6-7-8-9-19-10-13(17)15-14(18)12(16)11-20-15/h5-6,12-18H,2-4,7-11H2,1H3/b6-5+/t12-,13+,14-,15-/m1/s1. The molecule has 1 rings (SSSR count). The Kier molecular flexibility index (Phi) is 9.05. The minimum absolute atomic E-state index is 0.0610. The molecule has 1 fully saturated rings. The van der Waals surface area contributed by atoms with E-state index in [2.05, 4.69) is 19.1 Å². The molecule has 0 amide bonds. The summed E-state index contributed by atoms with van der Waals surface area (Å²) in [5, 5.41) is 28.7. The highest BCUT2D eigenvalue weighted by Gasteiger charge is 2.39. The van der Waals surface area contributed by atoms with Crippen molar-refractivity contribution >= 4 is 0 Å². The van der Waals surface area contributed by atoms with Crippen LogP contribution < -0.4 is 0 Å². The molecule has 0 aromatic heterocycles. The number of hydrogen-bond acceptors (Lipinski definition) is 5. The average Bonchev–Trinajstić information content (AvgIpc) is 2.77. The first-order valence-electron chi connectivity index (χ1n) is 7.55. The number of aliphatic hydroxyl groups is 3. The predicted octanol–water partition coefficient (Wildman–Crippen LogP) is 1.01. The second-order valence-corrected chi connectivity index (χ2v) is 5.25. The quantitative estimate of drug-likeness (QED) is 0.413. The van der Waals surface area contributed by atoms with E-state index in [0.717, 1.165) is 19.3 Å². The molecular formula is C15H28O5. The maximum Gasteiger partial charge on any atom is 0.114 e. The van der Waals surface area contributed by atoms with Gasteiger partial charge in [0.1, 0.15) is 24.4 Å². The van der Waals surface area contributed by atoms with Crippen LogP contribution in [0.1, 0.15) is 39.0 Å². The minimum atomic E-state index is -1.03. The predicted molar refractivity (Wildman–Crippen MR) is 76.5 cm³/mol. The molecule has 0 spiro atoms. The summed E-state index contributed by atoms with van der Waals surface area (Å²) in [6.45, 7) is 2.93. The van der Waals surface area contributed by atoms with Gasteiger partial charge in [0.25, 0.3) is 0 Å². The van der Waals surface area contributed by atoms with Gasteiger partial charge in [-0.15, -0.1) is 0 Å². The van der Waals surface area contributed by atoms with Crippen LogP contribution in [0.15, 0.2) is 12.2 Å². The number of aliphatic hydroxyl groups excluding tert-OH is 3. The molecule has 5 heteroatoms. The molecule has 1 saturated heterocycles. The van der Waals surface area contributed by atoms with Gasteiger partial charge in [-0.05, 0) is 19.3 Å². The summed E-state index contributed by atoms with van der Waals surface area (Å²) in [4.78, 5) is 0. The highest BCUT2D eigenvalue weighted by molar-refractivity contribution is 4.87. The molecule has 0 aliphatic carbocycles. The molecular weight excluding hydrogens is 260 g/mol. The molecule has 1 heterocycles. The van der Waals surface area contributed by atoms with Crippen LogP contribution in [-0.2, 0) is 9.47 Å². The highest BCUT2D eigenvalue weighted by atomic mass is 16.5. The number of hydrogen-bond donors (Lipinski definition) is 3. The van der Waals surface area contributed by atoms with E-state index in [0.29, 0.717) is 6.61 Å². The molecule has 1 aliphatic heterocycles. The van der Waals surface area contributed by atoms with Crippen LogP contribution in [0.4, 0.5) is 0 Å². The Hall–Kier alpha value is -0.460. The Morgan fingerprint density at radius 2 is 1.95 bits per heavy atom. The van der Waals surface area contributed by atoms with Crippen molar-refractivity contribution in [1.82, 2.24) is 0 Å². The third-order valence-electron chi connectivity index (χ3n) is 3.41. The van der Waals surface area contributed by atoms with Crippen LogP contribution in [0.25, 0.3) is 0 Å². The first-order valence-corrected chi connectivity index (χ1v) is 7.55. The van der Waals surface area contributed by atoms with Gasteiger partial charge in [-0.1, -0.05) is 31.9 Å². The summed E-state index contributed by atoms with van der Waals surface area (Å²) in [7, 11) is 0. The fourth-order valence-corrected chi connectivity index (χ4v) is 2.12. The van der Waals surface area contributed by atoms with Crippen LogP contribution in [-0.4, -0.2) is 59.6 Å². The summed E-state index contributed by atoms with van der Waals surface area (Å²) < 4.78 is 10.5. The van der Waals surface area contributed by atoms with Crippen molar-refractivity contribution in [2.45, 2.75) is 63.4 Å². The van der Waals surface area contributed by atoms with Crippen molar-refractivity contribution in [2.75, 3.05) is 19.8 Å². The average molecular weight is 288 g/mol. The van der Waals surface area contributed by atoms with E-state index in [1.54, 1.807) is 0 Å². The Bertz CT molecular complexity index is 269. The third kappa shape index (κ3) is 6.33. The smallest absolute Gasteiger partial charge is 0.114 e. The highest BCUT2D eigenvalue weighted by Crippen LogP contribution is 2.17. The summed E-state index contributed by atoms with van der Waals surface area (Å²) in [6.07, 6.45) is 6.23. The van der Waals surface area contributed by atoms with Gasteiger partial charge in [0.05, 0.1) is 13.2 Å². The Morgan fingerprint density at radius 1 is 1.25 bits per heavy atom. The molecule has 0 bridgehead atoms. The molecule has 5 nitrogen and oxygen atoms in total. The first-order chi connectivity index (χ1) is 9.66. The van der Waals surface area contributed by atoms with E-state index in [1.807, 2.05) is 0 Å². The van der Waals surface area contributed by atoms with E-state index < -0.39 is 24.4 Å². The topological polar surface area (TPSA) is 79.2 Å². The molecule has 0 radical (unpaired) electrons. The Labute approximate surface area is 121 Å². The van der Waals surface area contributed by atoms with E-state index in [9.17, 15) is 15.3 Å². The summed E-state index contributed by atoms with van der Waals surface area (Å²) in [5.74, 6) is 0. The van der Waals surface area contributed by atoms with Crippen molar-refractivity contribution in [3.05, 3.63) is 12.2 Å². The molecule has 0 aromatic rings. The summed E-state index contributed by atoms with van der Waals surface area (Å²) >= 11 is 0. The molecule has 20 heavy (non-hydrogen) atoms. The van der Waals surface area contributed by atoms with Gasteiger partial charge in [0.2, 0.25) is 0 Å². The van der Waals surface area contributed by atoms with Gasteiger partial charge in [-0.2, -0.15) is 0 Å². The van der Waals surface area contributed by atoms with E-state index in [-0.39, 0.29) is 13.2 Å². The molecule has 0 unspecified atom stereocenters. The lowest BCUT2D eigenvalue weighted by Crippen LogP contribution is -2.40. The van der Waals surface area contributed by atoms with Gasteiger partial charge < -0.3 is 24.8 Å². The molecule has 0 aromatic carbocycles. The maximum absolute atomic E-state index is 9.80. The zero-order chi connectivity index (χ0) is 14.8. The van der Waals surface area contributed by atoms with Gasteiger partial charge in [-0.25, -0.2) is 0 Å². The second-order valence-electron chi connectivity index (χ2n) is 5.25. The van der Waals surface area contributed by atoms with Crippen LogP contribution in [0.2, 0.25) is 0 Å². The number of unbranched alkanes of at least 4 members (excludes halogenated alkanes) is 3. The Balaban J connectivity index is 2.00. The number of allylic oxidation sites excluding steroid dienone is 2. The van der Waals surface area contributed by atoms with E-state index in [4.69, 9.17) is 9.47 Å². The second kappa shape index (κ2) is 10.3. The monoisotopic (exact) mass is 288 g/mol. The van der Waals surface area contributed by atoms with Crippen molar-refractivity contribution < 1.29 is 24.8 Å². The molecule has 1 aliphatic rings. The van der Waals surface area contributed by atoms with Crippen molar-refractivity contribution in [3.8, 4) is 0 Å². The normalized spacial score (nSPS) is 28.3. The van der Waals surface area contributed by atoms with Crippen molar-refractivity contribution in [2.24, 2.45) is 0 Å². The molecule has 4 atom stereocenters. The zero-order valence-electron chi connectivity index (χ0n) is 12.3. The van der Waals surface area contributed by atoms with E-state index >= 15 is 0 Å². The van der Waals surface area contributed by atoms with Crippen LogP contribution in [0, 0.1) is 0 Å². The fraction of sp³-hybridized carbons (Fsp3) is 0.867. The van der Waals surface area contributed by atoms with Crippen LogP contribution in [0.3, 0.4) is 0 Å². The first kappa shape index (κ1) is 17.6. The van der Waals surface area contributed by atoms with Crippen molar-refractivity contribution in [1.29, 1.82) is 0 Å². The third-order valence-corrected chi connectivity index (χ3v) is 3.41. The molecule has 118 valence electrons. The minimum Gasteiger partial charge on any atom is -0.388 e. The van der Waals surface area contributed by atoms with Crippen molar-refractivity contribution in [3.63, 3.8) is 0 Å². The van der Waals surface area contributed by atoms with Gasteiger partial charge in [0, 0.05) is 6.61 Å². The SMILES string of the molecule is CCCC/C=C/CCCOC[C@H](O)[C@H]1OC[C@@H](O)[C@H]1O. The lowest BCUT2D eigenvalue weighted by Gasteiger charge is -2.20. The molecule has 0 saturated carbocycles. The number of rotatable bonds is 10. The van der Waals surface area contributed by atoms with Gasteiger partial charge >= 0.3 is 0 Å². The van der Waals surface area contributed by atoms with Crippen LogP contribution >= 0.6 is 0 Å². The lowest BCUT2D eigenvalue weighted by atomic mass is 10.1. The molecule has 3 N–H and O–H groups in total. The van der Waals surface area contributed by atoms with Gasteiger partial charge in [-0.3, -0.25) is 0 Å². The fourth-order valence-electron chi connectivity index (χ4n) is 2.12. The van der Waals surface area contributed by atoms with Gasteiger partial charge in [0.15, 0.2) is 0 Å². The van der Waals surface area contributed by atoms with E-state index in [1.165, 1.54) is 12.8 Å². The summed E-state index contributed by atoms with van der Waals surface area (Å²) in [5.41, 5.74) is 0. The van der Waals surface area contributed by atoms with Crippen LogP contribution in [0.5, 0.6) is 0 Å². The zero-order valence-corrected chi connectivity index (χ0v) is 12.3. The maximum atomic E-state index is 9.80.